The fourth-order valence-electron chi connectivity index (χ4n) is 3.58. The number of hydrogen-bond acceptors (Lipinski definition) is 3. The topological polar surface area (TPSA) is 69.7 Å². The zero-order valence-corrected chi connectivity index (χ0v) is 18.6. The van der Waals surface area contributed by atoms with E-state index in [4.69, 9.17) is 0 Å². The van der Waals surface area contributed by atoms with Gasteiger partial charge in [-0.05, 0) is 63.3 Å². The molecule has 0 spiro atoms. The summed E-state index contributed by atoms with van der Waals surface area (Å²) in [6.45, 7) is 8.82. The Balaban J connectivity index is 2.11. The molecule has 1 aliphatic rings. The van der Waals surface area contributed by atoms with Crippen LogP contribution in [0.3, 0.4) is 0 Å². The Hall–Kier alpha value is -1.60. The van der Waals surface area contributed by atoms with Crippen LogP contribution in [0.4, 0.5) is 10.5 Å². The molecule has 1 aliphatic heterocycles. The second-order valence-electron chi connectivity index (χ2n) is 8.40. The normalized spacial score (nSPS) is 18.6. The molecule has 1 saturated heterocycles. The molecular formula is C21H35N3O3S. The van der Waals surface area contributed by atoms with E-state index in [-0.39, 0.29) is 23.0 Å². The zero-order valence-electron chi connectivity index (χ0n) is 17.8. The van der Waals surface area contributed by atoms with E-state index in [2.05, 4.69) is 19.2 Å². The number of nitrogens with zero attached hydrogens (tertiary/aromatic N) is 2. The molecule has 0 radical (unpaired) electrons. The second kappa shape index (κ2) is 9.74. The maximum Gasteiger partial charge on any atom is 0.322 e. The molecule has 0 saturated carbocycles. The van der Waals surface area contributed by atoms with E-state index in [1.54, 1.807) is 31.3 Å². The quantitative estimate of drug-likeness (QED) is 0.750. The van der Waals surface area contributed by atoms with Crippen LogP contribution in [0.2, 0.25) is 0 Å². The highest BCUT2D eigenvalue weighted by atomic mass is 32.2. The Bertz CT molecular complexity index is 745. The summed E-state index contributed by atoms with van der Waals surface area (Å²) in [6, 6.07) is 6.48. The third kappa shape index (κ3) is 5.70. The summed E-state index contributed by atoms with van der Waals surface area (Å²) >= 11 is 0. The molecule has 0 bridgehead atoms. The van der Waals surface area contributed by atoms with Crippen LogP contribution in [0.15, 0.2) is 29.2 Å². The standard InChI is InChI=1S/C21H35N3O3S/c1-16(2)15-19-9-7-6-8-14-24(19)21(25)22-18-10-12-20(13-11-18)28(26,27)23(5)17(3)4/h10-13,16-17,19H,6-9,14-15H2,1-5H3,(H,22,25). The van der Waals surface area contributed by atoms with Crippen LogP contribution in [0.1, 0.15) is 59.8 Å². The molecule has 1 aromatic carbocycles. The summed E-state index contributed by atoms with van der Waals surface area (Å²) in [6.07, 6.45) is 5.41. The lowest BCUT2D eigenvalue weighted by Gasteiger charge is -2.31. The van der Waals surface area contributed by atoms with Gasteiger partial charge in [0.05, 0.1) is 4.90 Å². The summed E-state index contributed by atoms with van der Waals surface area (Å²) in [5.74, 6) is 0.542. The largest absolute Gasteiger partial charge is 0.322 e. The highest BCUT2D eigenvalue weighted by molar-refractivity contribution is 7.89. The molecule has 2 amide bonds. The van der Waals surface area contributed by atoms with Crippen molar-refractivity contribution in [1.29, 1.82) is 0 Å². The summed E-state index contributed by atoms with van der Waals surface area (Å²) in [4.78, 5) is 15.1. The van der Waals surface area contributed by atoms with Crippen molar-refractivity contribution >= 4 is 21.7 Å². The summed E-state index contributed by atoms with van der Waals surface area (Å²) in [5.41, 5.74) is 0.615. The molecule has 1 aromatic rings. The first-order valence-electron chi connectivity index (χ1n) is 10.3. The molecule has 2 rings (SSSR count). The average Bonchev–Trinajstić information content (AvgIpc) is 2.86. The van der Waals surface area contributed by atoms with Crippen LogP contribution in [-0.2, 0) is 10.0 Å². The summed E-state index contributed by atoms with van der Waals surface area (Å²) in [5, 5.41) is 2.95. The maximum atomic E-state index is 12.9. The number of nitrogens with one attached hydrogen (secondary N) is 1. The highest BCUT2D eigenvalue weighted by Gasteiger charge is 2.26. The summed E-state index contributed by atoms with van der Waals surface area (Å²) < 4.78 is 26.5. The Morgan fingerprint density at radius 3 is 2.36 bits per heavy atom. The lowest BCUT2D eigenvalue weighted by molar-refractivity contribution is 0.178. The molecule has 28 heavy (non-hydrogen) atoms. The third-order valence-corrected chi connectivity index (χ3v) is 7.44. The molecule has 158 valence electrons. The van der Waals surface area contributed by atoms with Crippen LogP contribution < -0.4 is 5.32 Å². The van der Waals surface area contributed by atoms with Gasteiger partial charge in [0.2, 0.25) is 10.0 Å². The minimum atomic E-state index is -3.52. The Morgan fingerprint density at radius 2 is 1.79 bits per heavy atom. The first kappa shape index (κ1) is 22.7. The number of carbonyl (C=O) groups is 1. The van der Waals surface area contributed by atoms with Crippen molar-refractivity contribution in [3.63, 3.8) is 0 Å². The number of likely N-dealkylation sites (tertiary alicyclic amines) is 1. The molecular weight excluding hydrogens is 374 g/mol. The molecule has 0 aromatic heterocycles. The maximum absolute atomic E-state index is 12.9. The number of hydrogen-bond donors (Lipinski definition) is 1. The average molecular weight is 410 g/mol. The van der Waals surface area contributed by atoms with Gasteiger partial charge in [0, 0.05) is 31.4 Å². The predicted octanol–water partition coefficient (Wildman–Crippen LogP) is 4.54. The minimum absolute atomic E-state index is 0.0949. The van der Waals surface area contributed by atoms with Gasteiger partial charge < -0.3 is 10.2 Å². The van der Waals surface area contributed by atoms with Gasteiger partial charge in [-0.15, -0.1) is 0 Å². The van der Waals surface area contributed by atoms with Crippen molar-refractivity contribution < 1.29 is 13.2 Å². The van der Waals surface area contributed by atoms with Crippen LogP contribution in [0, 0.1) is 5.92 Å². The van der Waals surface area contributed by atoms with E-state index < -0.39 is 10.0 Å². The van der Waals surface area contributed by atoms with Crippen LogP contribution in [-0.4, -0.2) is 49.3 Å². The van der Waals surface area contributed by atoms with Crippen LogP contribution in [0.25, 0.3) is 0 Å². The van der Waals surface area contributed by atoms with Gasteiger partial charge in [0.25, 0.3) is 0 Å². The van der Waals surface area contributed by atoms with Gasteiger partial charge in [-0.25, -0.2) is 13.2 Å². The highest BCUT2D eigenvalue weighted by Crippen LogP contribution is 2.24. The fraction of sp³-hybridized carbons (Fsp3) is 0.667. The number of rotatable bonds is 6. The van der Waals surface area contributed by atoms with Crippen molar-refractivity contribution in [3.05, 3.63) is 24.3 Å². The fourth-order valence-corrected chi connectivity index (χ4v) is 4.95. The molecule has 1 fully saturated rings. The second-order valence-corrected chi connectivity index (χ2v) is 10.4. The lowest BCUT2D eigenvalue weighted by atomic mass is 9.99. The van der Waals surface area contributed by atoms with Gasteiger partial charge in [-0.1, -0.05) is 26.7 Å². The van der Waals surface area contributed by atoms with Crippen LogP contribution >= 0.6 is 0 Å². The van der Waals surface area contributed by atoms with Gasteiger partial charge in [0.15, 0.2) is 0 Å². The number of amides is 2. The van der Waals surface area contributed by atoms with E-state index in [9.17, 15) is 13.2 Å². The molecule has 1 N–H and O–H groups in total. The van der Waals surface area contributed by atoms with Gasteiger partial charge in [-0.3, -0.25) is 0 Å². The monoisotopic (exact) mass is 409 g/mol. The van der Waals surface area contributed by atoms with E-state index in [0.717, 1.165) is 38.6 Å². The molecule has 0 aliphatic carbocycles. The smallest absolute Gasteiger partial charge is 0.322 e. The minimum Gasteiger partial charge on any atom is -0.322 e. The molecule has 1 unspecified atom stereocenters. The van der Waals surface area contributed by atoms with Crippen molar-refractivity contribution in [3.8, 4) is 0 Å². The first-order chi connectivity index (χ1) is 13.1. The van der Waals surface area contributed by atoms with Gasteiger partial charge in [0.1, 0.15) is 0 Å². The number of sulfonamides is 1. The van der Waals surface area contributed by atoms with E-state index in [1.165, 1.54) is 4.31 Å². The zero-order chi connectivity index (χ0) is 20.9. The number of benzene rings is 1. The van der Waals surface area contributed by atoms with Crippen molar-refractivity contribution in [2.45, 2.75) is 76.8 Å². The summed E-state index contributed by atoms with van der Waals surface area (Å²) in [7, 11) is -1.95. The van der Waals surface area contributed by atoms with Crippen LogP contribution in [0.5, 0.6) is 0 Å². The SMILES string of the molecule is CC(C)CC1CCCCCN1C(=O)Nc1ccc(S(=O)(=O)N(C)C(C)C)cc1. The van der Waals surface area contributed by atoms with Gasteiger partial charge in [-0.2, -0.15) is 4.31 Å². The van der Waals surface area contributed by atoms with E-state index in [0.29, 0.717) is 11.6 Å². The van der Waals surface area contributed by atoms with Gasteiger partial charge >= 0.3 is 6.03 Å². The van der Waals surface area contributed by atoms with E-state index >= 15 is 0 Å². The Kier molecular flexibility index (Phi) is 7.89. The number of urea groups is 1. The molecule has 6 nitrogen and oxygen atoms in total. The van der Waals surface area contributed by atoms with Crippen molar-refractivity contribution in [2.24, 2.45) is 5.92 Å². The van der Waals surface area contributed by atoms with E-state index in [1.807, 2.05) is 18.7 Å². The predicted molar refractivity (Wildman–Crippen MR) is 114 cm³/mol. The lowest BCUT2D eigenvalue weighted by Crippen LogP contribution is -2.43. The Morgan fingerprint density at radius 1 is 1.14 bits per heavy atom. The molecule has 1 atom stereocenters. The van der Waals surface area contributed by atoms with Crippen molar-refractivity contribution in [1.82, 2.24) is 9.21 Å². The first-order valence-corrected chi connectivity index (χ1v) is 11.7. The number of carbonyl (C=O) groups excluding carboxylic acids is 1. The van der Waals surface area contributed by atoms with Crippen molar-refractivity contribution in [2.75, 3.05) is 18.9 Å². The third-order valence-electron chi connectivity index (χ3n) is 5.39. The molecule has 7 heteroatoms. The number of anilines is 1. The Labute approximate surface area is 170 Å². The molecule has 1 heterocycles.